The van der Waals surface area contributed by atoms with E-state index in [1.165, 1.54) is 0 Å². The highest BCUT2D eigenvalue weighted by atomic mass is 19.1. The summed E-state index contributed by atoms with van der Waals surface area (Å²) >= 11 is 0. The maximum atomic E-state index is 14.2. The van der Waals surface area contributed by atoms with Crippen molar-refractivity contribution in [3.8, 4) is 0 Å². The molecule has 0 radical (unpaired) electrons. The minimum Gasteiger partial charge on any atom is -0.367 e. The third kappa shape index (κ3) is 4.18. The van der Waals surface area contributed by atoms with Crippen LogP contribution in [-0.4, -0.2) is 44.7 Å². The lowest BCUT2D eigenvalue weighted by molar-refractivity contribution is 0.311. The first-order valence-corrected chi connectivity index (χ1v) is 7.49. The lowest BCUT2D eigenvalue weighted by Crippen LogP contribution is -2.44. The lowest BCUT2D eigenvalue weighted by atomic mass is 10.1. The van der Waals surface area contributed by atoms with E-state index in [4.69, 9.17) is 0 Å². The average molecular weight is 279 g/mol. The molecule has 1 aliphatic heterocycles. The molecule has 1 aromatic rings. The van der Waals surface area contributed by atoms with Crippen LogP contribution in [-0.2, 0) is 6.54 Å². The predicted molar refractivity (Wildman–Crippen MR) is 82.7 cm³/mol. The SMILES string of the molecule is CC(C)CNCc1ccc(N2CCN(C)CC2)c(F)c1. The second-order valence-electron chi connectivity index (χ2n) is 6.10. The van der Waals surface area contributed by atoms with Crippen LogP contribution in [0.1, 0.15) is 19.4 Å². The molecule has 20 heavy (non-hydrogen) atoms. The fourth-order valence-corrected chi connectivity index (χ4v) is 2.47. The third-order valence-electron chi connectivity index (χ3n) is 3.74. The summed E-state index contributed by atoms with van der Waals surface area (Å²) in [4.78, 5) is 4.42. The molecule has 0 amide bonds. The van der Waals surface area contributed by atoms with Gasteiger partial charge >= 0.3 is 0 Å². The molecule has 1 saturated heterocycles. The van der Waals surface area contributed by atoms with Gasteiger partial charge < -0.3 is 15.1 Å². The molecule has 112 valence electrons. The topological polar surface area (TPSA) is 18.5 Å². The first-order chi connectivity index (χ1) is 9.56. The van der Waals surface area contributed by atoms with Crippen molar-refractivity contribution < 1.29 is 4.39 Å². The minimum absolute atomic E-state index is 0.0987. The van der Waals surface area contributed by atoms with Crippen molar-refractivity contribution in [2.24, 2.45) is 5.92 Å². The monoisotopic (exact) mass is 279 g/mol. The third-order valence-corrected chi connectivity index (χ3v) is 3.74. The van der Waals surface area contributed by atoms with E-state index < -0.39 is 0 Å². The number of nitrogens with zero attached hydrogens (tertiary/aromatic N) is 2. The Morgan fingerprint density at radius 2 is 1.90 bits per heavy atom. The van der Waals surface area contributed by atoms with Crippen LogP contribution in [0.3, 0.4) is 0 Å². The molecule has 0 unspecified atom stereocenters. The van der Waals surface area contributed by atoms with Crippen LogP contribution >= 0.6 is 0 Å². The van der Waals surface area contributed by atoms with E-state index >= 15 is 0 Å². The van der Waals surface area contributed by atoms with Gasteiger partial charge in [0.05, 0.1) is 5.69 Å². The fourth-order valence-electron chi connectivity index (χ4n) is 2.47. The molecule has 1 fully saturated rings. The first kappa shape index (κ1) is 15.3. The molecule has 1 aliphatic rings. The summed E-state index contributed by atoms with van der Waals surface area (Å²) in [6, 6.07) is 5.62. The van der Waals surface area contributed by atoms with Gasteiger partial charge in [0.1, 0.15) is 5.82 Å². The van der Waals surface area contributed by atoms with Crippen LogP contribution in [0.2, 0.25) is 0 Å². The lowest BCUT2D eigenvalue weighted by Gasteiger charge is -2.34. The smallest absolute Gasteiger partial charge is 0.146 e. The molecular weight excluding hydrogens is 253 g/mol. The Morgan fingerprint density at radius 3 is 2.50 bits per heavy atom. The van der Waals surface area contributed by atoms with Crippen LogP contribution in [0.25, 0.3) is 0 Å². The van der Waals surface area contributed by atoms with E-state index in [0.29, 0.717) is 5.92 Å². The van der Waals surface area contributed by atoms with Crippen LogP contribution < -0.4 is 10.2 Å². The Labute approximate surface area is 121 Å². The van der Waals surface area contributed by atoms with Crippen molar-refractivity contribution in [2.75, 3.05) is 44.7 Å². The summed E-state index contributed by atoms with van der Waals surface area (Å²) in [6.45, 7) is 9.83. The van der Waals surface area contributed by atoms with Crippen LogP contribution in [0.5, 0.6) is 0 Å². The molecule has 0 aliphatic carbocycles. The van der Waals surface area contributed by atoms with Crippen molar-refractivity contribution in [1.29, 1.82) is 0 Å². The maximum Gasteiger partial charge on any atom is 0.146 e. The van der Waals surface area contributed by atoms with Gasteiger partial charge in [0.15, 0.2) is 0 Å². The maximum absolute atomic E-state index is 14.2. The molecular formula is C16H26FN3. The molecule has 0 spiro atoms. The average Bonchev–Trinajstić information content (AvgIpc) is 2.40. The van der Waals surface area contributed by atoms with Crippen molar-refractivity contribution in [3.63, 3.8) is 0 Å². The highest BCUT2D eigenvalue weighted by Gasteiger charge is 2.17. The number of halogens is 1. The van der Waals surface area contributed by atoms with Crippen molar-refractivity contribution >= 4 is 5.69 Å². The van der Waals surface area contributed by atoms with E-state index in [1.54, 1.807) is 6.07 Å². The normalized spacial score (nSPS) is 16.9. The zero-order valence-corrected chi connectivity index (χ0v) is 12.8. The van der Waals surface area contributed by atoms with Crippen LogP contribution in [0.4, 0.5) is 10.1 Å². The second kappa shape index (κ2) is 7.04. The zero-order valence-electron chi connectivity index (χ0n) is 12.8. The number of piperazine rings is 1. The summed E-state index contributed by atoms with van der Waals surface area (Å²) in [5, 5.41) is 3.35. The minimum atomic E-state index is -0.0987. The van der Waals surface area contributed by atoms with E-state index in [0.717, 1.165) is 50.5 Å². The highest BCUT2D eigenvalue weighted by molar-refractivity contribution is 5.49. The van der Waals surface area contributed by atoms with Gasteiger partial charge in [-0.2, -0.15) is 0 Å². The molecule has 1 aromatic carbocycles. The molecule has 0 bridgehead atoms. The molecule has 3 nitrogen and oxygen atoms in total. The highest BCUT2D eigenvalue weighted by Crippen LogP contribution is 2.21. The molecule has 0 saturated carbocycles. The molecule has 1 heterocycles. The number of rotatable bonds is 5. The summed E-state index contributed by atoms with van der Waals surface area (Å²) in [5.41, 5.74) is 1.76. The van der Waals surface area contributed by atoms with Gasteiger partial charge in [0, 0.05) is 32.7 Å². The van der Waals surface area contributed by atoms with Gasteiger partial charge in [-0.15, -0.1) is 0 Å². The van der Waals surface area contributed by atoms with Gasteiger partial charge in [-0.05, 0) is 37.2 Å². The Hall–Kier alpha value is -1.13. The Bertz CT molecular complexity index is 426. The first-order valence-electron chi connectivity index (χ1n) is 7.49. The quantitative estimate of drug-likeness (QED) is 0.892. The number of hydrogen-bond acceptors (Lipinski definition) is 3. The number of anilines is 1. The van der Waals surface area contributed by atoms with Gasteiger partial charge in [-0.1, -0.05) is 19.9 Å². The standard InChI is InChI=1S/C16H26FN3/c1-13(2)11-18-12-14-4-5-16(15(17)10-14)20-8-6-19(3)7-9-20/h4-5,10,13,18H,6-9,11-12H2,1-3H3. The van der Waals surface area contributed by atoms with Gasteiger partial charge in [-0.3, -0.25) is 0 Å². The Morgan fingerprint density at radius 1 is 1.20 bits per heavy atom. The van der Waals surface area contributed by atoms with E-state index in [-0.39, 0.29) is 5.82 Å². The fraction of sp³-hybridized carbons (Fsp3) is 0.625. The number of hydrogen-bond donors (Lipinski definition) is 1. The van der Waals surface area contributed by atoms with Gasteiger partial charge in [-0.25, -0.2) is 4.39 Å². The second-order valence-corrected chi connectivity index (χ2v) is 6.10. The summed E-state index contributed by atoms with van der Waals surface area (Å²) in [6.07, 6.45) is 0. The molecule has 2 rings (SSSR count). The van der Waals surface area contributed by atoms with Crippen LogP contribution in [0, 0.1) is 11.7 Å². The summed E-state index contributed by atoms with van der Waals surface area (Å²) in [5.74, 6) is 0.517. The molecule has 0 atom stereocenters. The molecule has 4 heteroatoms. The Balaban J connectivity index is 1.95. The van der Waals surface area contributed by atoms with E-state index in [9.17, 15) is 4.39 Å². The molecule has 1 N–H and O–H groups in total. The van der Waals surface area contributed by atoms with Crippen LogP contribution in [0.15, 0.2) is 18.2 Å². The molecule has 0 aromatic heterocycles. The number of likely N-dealkylation sites (N-methyl/N-ethyl adjacent to an activating group) is 1. The number of nitrogens with one attached hydrogen (secondary N) is 1. The Kier molecular flexibility index (Phi) is 5.38. The number of benzene rings is 1. The van der Waals surface area contributed by atoms with Crippen molar-refractivity contribution in [3.05, 3.63) is 29.6 Å². The summed E-state index contributed by atoms with van der Waals surface area (Å²) in [7, 11) is 2.11. The van der Waals surface area contributed by atoms with E-state index in [2.05, 4.69) is 36.0 Å². The van der Waals surface area contributed by atoms with Crippen molar-refractivity contribution in [2.45, 2.75) is 20.4 Å². The predicted octanol–water partition coefficient (Wildman–Crippen LogP) is 2.32. The zero-order chi connectivity index (χ0) is 14.5. The van der Waals surface area contributed by atoms with Crippen molar-refractivity contribution in [1.82, 2.24) is 10.2 Å². The largest absolute Gasteiger partial charge is 0.367 e. The van der Waals surface area contributed by atoms with Gasteiger partial charge in [0.2, 0.25) is 0 Å². The summed E-state index contributed by atoms with van der Waals surface area (Å²) < 4.78 is 14.2. The van der Waals surface area contributed by atoms with E-state index in [1.807, 2.05) is 12.1 Å². The van der Waals surface area contributed by atoms with Gasteiger partial charge in [0.25, 0.3) is 0 Å².